The average molecular weight is 306 g/mol. The number of anilines is 2. The van der Waals surface area contributed by atoms with Crippen LogP contribution in [0.3, 0.4) is 0 Å². The first-order valence-electron chi connectivity index (χ1n) is 6.89. The van der Waals surface area contributed by atoms with Gasteiger partial charge in [0.1, 0.15) is 5.82 Å². The molecule has 0 bridgehead atoms. The molecule has 0 unspecified atom stereocenters. The smallest absolute Gasteiger partial charge is 0.283 e. The van der Waals surface area contributed by atoms with Crippen molar-refractivity contribution in [3.05, 3.63) is 35.8 Å². The van der Waals surface area contributed by atoms with Gasteiger partial charge in [0.2, 0.25) is 0 Å². The second kappa shape index (κ2) is 4.77. The number of imidazole rings is 1. The SMILES string of the molecule is CCn1cc(S(=O)(=O)N2CCc3cccc(N)c32)nc1C. The van der Waals surface area contributed by atoms with Gasteiger partial charge in [-0.05, 0) is 31.9 Å². The Morgan fingerprint density at radius 1 is 1.38 bits per heavy atom. The molecule has 2 aromatic rings. The minimum atomic E-state index is -3.66. The van der Waals surface area contributed by atoms with Crippen molar-refractivity contribution in [2.24, 2.45) is 0 Å². The Morgan fingerprint density at radius 2 is 2.14 bits per heavy atom. The van der Waals surface area contributed by atoms with E-state index in [1.165, 1.54) is 4.31 Å². The lowest BCUT2D eigenvalue weighted by Gasteiger charge is -2.19. The number of aryl methyl sites for hydroxylation is 2. The zero-order chi connectivity index (χ0) is 15.2. The van der Waals surface area contributed by atoms with Crippen LogP contribution in [-0.4, -0.2) is 24.5 Å². The predicted molar refractivity (Wildman–Crippen MR) is 81.7 cm³/mol. The van der Waals surface area contributed by atoms with Crippen molar-refractivity contribution in [1.82, 2.24) is 9.55 Å². The van der Waals surface area contributed by atoms with Crippen LogP contribution in [0.5, 0.6) is 0 Å². The Bertz CT molecular complexity index is 795. The molecule has 1 aliphatic rings. The third kappa shape index (κ3) is 2.08. The number of hydrogen-bond acceptors (Lipinski definition) is 4. The van der Waals surface area contributed by atoms with Gasteiger partial charge in [-0.15, -0.1) is 0 Å². The maximum atomic E-state index is 12.8. The number of benzene rings is 1. The van der Waals surface area contributed by atoms with Crippen LogP contribution < -0.4 is 10.0 Å². The number of nitrogens with zero attached hydrogens (tertiary/aromatic N) is 3. The van der Waals surface area contributed by atoms with Crippen molar-refractivity contribution >= 4 is 21.4 Å². The van der Waals surface area contributed by atoms with E-state index in [0.717, 1.165) is 5.56 Å². The van der Waals surface area contributed by atoms with E-state index in [4.69, 9.17) is 5.73 Å². The van der Waals surface area contributed by atoms with E-state index in [0.29, 0.717) is 36.7 Å². The van der Waals surface area contributed by atoms with E-state index in [1.54, 1.807) is 19.2 Å². The predicted octanol–water partition coefficient (Wildman–Crippen LogP) is 1.55. The minimum Gasteiger partial charge on any atom is -0.397 e. The Labute approximate surface area is 124 Å². The Morgan fingerprint density at radius 3 is 2.81 bits per heavy atom. The van der Waals surface area contributed by atoms with E-state index in [2.05, 4.69) is 4.98 Å². The van der Waals surface area contributed by atoms with Gasteiger partial charge in [0.25, 0.3) is 10.0 Å². The molecule has 21 heavy (non-hydrogen) atoms. The summed E-state index contributed by atoms with van der Waals surface area (Å²) in [6, 6.07) is 5.49. The fourth-order valence-electron chi connectivity index (χ4n) is 2.73. The molecule has 0 atom stereocenters. The van der Waals surface area contributed by atoms with E-state index in [-0.39, 0.29) is 5.03 Å². The van der Waals surface area contributed by atoms with Crippen LogP contribution in [0.4, 0.5) is 11.4 Å². The number of rotatable bonds is 3. The summed E-state index contributed by atoms with van der Waals surface area (Å²) in [5.74, 6) is 0.691. The zero-order valence-electron chi connectivity index (χ0n) is 12.1. The normalized spacial score (nSPS) is 14.5. The van der Waals surface area contributed by atoms with Crippen molar-refractivity contribution in [2.75, 3.05) is 16.6 Å². The third-order valence-corrected chi connectivity index (χ3v) is 5.50. The molecule has 0 saturated heterocycles. The molecule has 1 aromatic heterocycles. The molecule has 0 saturated carbocycles. The summed E-state index contributed by atoms with van der Waals surface area (Å²) in [5, 5.41) is 0.0814. The number of hydrogen-bond donors (Lipinski definition) is 1. The molecule has 3 rings (SSSR count). The van der Waals surface area contributed by atoms with Crippen LogP contribution in [0.15, 0.2) is 29.4 Å². The first kappa shape index (κ1) is 13.9. The van der Waals surface area contributed by atoms with E-state index >= 15 is 0 Å². The molecule has 6 nitrogen and oxygen atoms in total. The standard InChI is InChI=1S/C14H18N4O2S/c1-3-17-9-13(16-10(17)2)21(19,20)18-8-7-11-5-4-6-12(15)14(11)18/h4-6,9H,3,7-8,15H2,1-2H3. The first-order chi connectivity index (χ1) is 9.95. The summed E-state index contributed by atoms with van der Waals surface area (Å²) in [5.41, 5.74) is 8.01. The number of nitrogen functional groups attached to an aromatic ring is 1. The third-order valence-electron chi connectivity index (χ3n) is 3.83. The first-order valence-corrected chi connectivity index (χ1v) is 8.33. The highest BCUT2D eigenvalue weighted by molar-refractivity contribution is 7.92. The molecule has 0 spiro atoms. The maximum Gasteiger partial charge on any atom is 0.283 e. The summed E-state index contributed by atoms with van der Waals surface area (Å²) in [6.07, 6.45) is 2.26. The number of sulfonamides is 1. The monoisotopic (exact) mass is 306 g/mol. The summed E-state index contributed by atoms with van der Waals surface area (Å²) < 4.78 is 28.8. The molecule has 7 heteroatoms. The van der Waals surface area contributed by atoms with Gasteiger partial charge in [-0.3, -0.25) is 4.31 Å². The lowest BCUT2D eigenvalue weighted by atomic mass is 10.1. The van der Waals surface area contributed by atoms with E-state index in [9.17, 15) is 8.42 Å². The Balaban J connectivity index is 2.09. The largest absolute Gasteiger partial charge is 0.397 e. The van der Waals surface area contributed by atoms with Crippen molar-refractivity contribution in [3.8, 4) is 0 Å². The van der Waals surface area contributed by atoms with Gasteiger partial charge in [-0.1, -0.05) is 12.1 Å². The summed E-state index contributed by atoms with van der Waals surface area (Å²) in [7, 11) is -3.66. The molecule has 1 aliphatic heterocycles. The van der Waals surface area contributed by atoms with Crippen molar-refractivity contribution in [2.45, 2.75) is 31.8 Å². The van der Waals surface area contributed by atoms with Gasteiger partial charge in [0.15, 0.2) is 5.03 Å². The quantitative estimate of drug-likeness (QED) is 0.872. The van der Waals surface area contributed by atoms with Crippen LogP contribution in [0, 0.1) is 6.92 Å². The molecule has 0 radical (unpaired) electrons. The van der Waals surface area contributed by atoms with Gasteiger partial charge < -0.3 is 10.3 Å². The molecule has 0 fully saturated rings. The molecule has 2 N–H and O–H groups in total. The second-order valence-corrected chi connectivity index (χ2v) is 6.90. The van der Waals surface area contributed by atoms with Gasteiger partial charge in [0, 0.05) is 19.3 Å². The lowest BCUT2D eigenvalue weighted by molar-refractivity contribution is 0.589. The van der Waals surface area contributed by atoms with Gasteiger partial charge in [0.05, 0.1) is 11.4 Å². The number of para-hydroxylation sites is 1. The van der Waals surface area contributed by atoms with E-state index < -0.39 is 10.0 Å². The minimum absolute atomic E-state index is 0.0814. The van der Waals surface area contributed by atoms with Gasteiger partial charge in [-0.25, -0.2) is 4.98 Å². The van der Waals surface area contributed by atoms with Crippen LogP contribution in [-0.2, 0) is 23.0 Å². The number of aromatic nitrogens is 2. The molecule has 112 valence electrons. The topological polar surface area (TPSA) is 81.2 Å². The summed E-state index contributed by atoms with van der Waals surface area (Å²) >= 11 is 0. The zero-order valence-corrected chi connectivity index (χ0v) is 12.9. The maximum absolute atomic E-state index is 12.8. The highest BCUT2D eigenvalue weighted by Crippen LogP contribution is 2.37. The van der Waals surface area contributed by atoms with E-state index in [1.807, 2.05) is 23.6 Å². The highest BCUT2D eigenvalue weighted by atomic mass is 32.2. The number of nitrogens with two attached hydrogens (primary N) is 1. The van der Waals surface area contributed by atoms with Crippen LogP contribution in [0.1, 0.15) is 18.3 Å². The second-order valence-electron chi connectivity index (χ2n) is 5.09. The van der Waals surface area contributed by atoms with Crippen molar-refractivity contribution in [1.29, 1.82) is 0 Å². The fraction of sp³-hybridized carbons (Fsp3) is 0.357. The molecular weight excluding hydrogens is 288 g/mol. The van der Waals surface area contributed by atoms with Crippen LogP contribution in [0.2, 0.25) is 0 Å². The van der Waals surface area contributed by atoms with Gasteiger partial charge >= 0.3 is 0 Å². The van der Waals surface area contributed by atoms with Crippen molar-refractivity contribution < 1.29 is 8.42 Å². The lowest BCUT2D eigenvalue weighted by Crippen LogP contribution is -2.30. The molecule has 0 amide bonds. The fourth-order valence-corrected chi connectivity index (χ4v) is 4.26. The Kier molecular flexibility index (Phi) is 3.16. The molecule has 0 aliphatic carbocycles. The van der Waals surface area contributed by atoms with Crippen LogP contribution in [0.25, 0.3) is 0 Å². The van der Waals surface area contributed by atoms with Crippen molar-refractivity contribution in [3.63, 3.8) is 0 Å². The molecule has 1 aromatic carbocycles. The highest BCUT2D eigenvalue weighted by Gasteiger charge is 2.34. The number of fused-ring (bicyclic) bond motifs is 1. The molecular formula is C14H18N4O2S. The molecule has 2 heterocycles. The average Bonchev–Trinajstić information content (AvgIpc) is 3.03. The summed E-state index contributed by atoms with van der Waals surface area (Å²) in [6.45, 7) is 4.85. The Hall–Kier alpha value is -2.02. The van der Waals surface area contributed by atoms with Gasteiger partial charge in [-0.2, -0.15) is 8.42 Å². The summed E-state index contributed by atoms with van der Waals surface area (Å²) in [4.78, 5) is 4.19. The van der Waals surface area contributed by atoms with Crippen LogP contribution >= 0.6 is 0 Å².